The van der Waals surface area contributed by atoms with E-state index in [0.29, 0.717) is 12.0 Å². The zero-order valence-corrected chi connectivity index (χ0v) is 8.31. The molecule has 1 aliphatic rings. The van der Waals surface area contributed by atoms with Crippen molar-refractivity contribution in [1.82, 2.24) is 5.32 Å². The van der Waals surface area contributed by atoms with E-state index in [1.165, 1.54) is 25.7 Å². The molecule has 0 aliphatic heterocycles. The second-order valence-corrected chi connectivity index (χ2v) is 4.34. The number of rotatable bonds is 5. The molecule has 0 unspecified atom stereocenters. The van der Waals surface area contributed by atoms with Crippen molar-refractivity contribution in [3.05, 3.63) is 0 Å². The molecule has 1 rings (SSSR count). The van der Waals surface area contributed by atoms with Crippen LogP contribution in [0.5, 0.6) is 0 Å². The Morgan fingerprint density at radius 2 is 2.08 bits per heavy atom. The molecule has 0 spiro atoms. The largest absolute Gasteiger partial charge is 0.481 e. The minimum atomic E-state index is -0.718. The van der Waals surface area contributed by atoms with Gasteiger partial charge in [-0.25, -0.2) is 0 Å². The number of carboxylic acid groups (broad SMARTS) is 1. The molecule has 0 bridgehead atoms. The second-order valence-electron chi connectivity index (χ2n) is 4.34. The Hall–Kier alpha value is -0.570. The summed E-state index contributed by atoms with van der Waals surface area (Å²) in [6, 6.07) is 0. The molecule has 0 saturated heterocycles. The molecule has 0 atom stereocenters. The van der Waals surface area contributed by atoms with Gasteiger partial charge in [0.15, 0.2) is 0 Å². The van der Waals surface area contributed by atoms with Crippen LogP contribution < -0.4 is 5.32 Å². The molecule has 76 valence electrons. The highest BCUT2D eigenvalue weighted by molar-refractivity contribution is 5.66. The maximum Gasteiger partial charge on any atom is 0.304 e. The van der Waals surface area contributed by atoms with Gasteiger partial charge < -0.3 is 10.4 Å². The quantitative estimate of drug-likeness (QED) is 0.640. The van der Waals surface area contributed by atoms with Crippen molar-refractivity contribution in [1.29, 1.82) is 0 Å². The number of aliphatic carboxylic acids is 1. The van der Waals surface area contributed by atoms with Crippen molar-refractivity contribution in [2.24, 2.45) is 5.41 Å². The fourth-order valence-electron chi connectivity index (χ4n) is 1.99. The van der Waals surface area contributed by atoms with E-state index in [1.54, 1.807) is 0 Å². The average Bonchev–Trinajstić information content (AvgIpc) is 2.47. The van der Waals surface area contributed by atoms with Gasteiger partial charge in [-0.05, 0) is 18.3 Å². The Morgan fingerprint density at radius 1 is 1.46 bits per heavy atom. The molecule has 3 nitrogen and oxygen atoms in total. The van der Waals surface area contributed by atoms with Crippen molar-refractivity contribution in [2.75, 3.05) is 13.1 Å². The van der Waals surface area contributed by atoms with Crippen LogP contribution >= 0.6 is 0 Å². The number of carboxylic acids is 1. The van der Waals surface area contributed by atoms with E-state index in [4.69, 9.17) is 5.11 Å². The molecule has 1 saturated carbocycles. The van der Waals surface area contributed by atoms with E-state index in [1.807, 2.05) is 0 Å². The van der Waals surface area contributed by atoms with E-state index in [0.717, 1.165) is 6.54 Å². The van der Waals surface area contributed by atoms with E-state index >= 15 is 0 Å². The number of hydrogen-bond acceptors (Lipinski definition) is 2. The lowest BCUT2D eigenvalue weighted by Crippen LogP contribution is -2.30. The number of carbonyl (C=O) groups is 1. The molecule has 2 N–H and O–H groups in total. The molecule has 3 heteroatoms. The SMILES string of the molecule is CC1(CNCCC(=O)O)CCCC1. The maximum atomic E-state index is 10.2. The fourth-order valence-corrected chi connectivity index (χ4v) is 1.99. The smallest absolute Gasteiger partial charge is 0.304 e. The Balaban J connectivity index is 2.07. The molecule has 0 aromatic rings. The average molecular weight is 185 g/mol. The third kappa shape index (κ3) is 3.77. The van der Waals surface area contributed by atoms with Crippen molar-refractivity contribution in [3.63, 3.8) is 0 Å². The summed E-state index contributed by atoms with van der Waals surface area (Å²) in [6.07, 6.45) is 5.46. The van der Waals surface area contributed by atoms with Gasteiger partial charge in [-0.2, -0.15) is 0 Å². The van der Waals surface area contributed by atoms with Crippen molar-refractivity contribution < 1.29 is 9.90 Å². The normalized spacial score (nSPS) is 20.4. The van der Waals surface area contributed by atoms with Gasteiger partial charge in [0.05, 0.1) is 6.42 Å². The van der Waals surface area contributed by atoms with Gasteiger partial charge in [-0.3, -0.25) is 4.79 Å². The van der Waals surface area contributed by atoms with Gasteiger partial charge in [-0.1, -0.05) is 19.8 Å². The molecule has 0 radical (unpaired) electrons. The zero-order valence-electron chi connectivity index (χ0n) is 8.31. The second kappa shape index (κ2) is 4.61. The van der Waals surface area contributed by atoms with Crippen LogP contribution in [0.25, 0.3) is 0 Å². The fraction of sp³-hybridized carbons (Fsp3) is 0.900. The van der Waals surface area contributed by atoms with Crippen LogP contribution in [0.3, 0.4) is 0 Å². The third-order valence-corrected chi connectivity index (χ3v) is 2.88. The molecule has 0 aromatic carbocycles. The van der Waals surface area contributed by atoms with Crippen LogP contribution in [0.4, 0.5) is 0 Å². The Labute approximate surface area is 79.5 Å². The topological polar surface area (TPSA) is 49.3 Å². The molecular weight excluding hydrogens is 166 g/mol. The van der Waals surface area contributed by atoms with Crippen LogP contribution in [0.2, 0.25) is 0 Å². The predicted molar refractivity (Wildman–Crippen MR) is 51.7 cm³/mol. The minimum Gasteiger partial charge on any atom is -0.481 e. The van der Waals surface area contributed by atoms with Crippen LogP contribution in [0, 0.1) is 5.41 Å². The maximum absolute atomic E-state index is 10.2. The molecule has 1 aliphatic carbocycles. The van der Waals surface area contributed by atoms with Crippen LogP contribution in [0.1, 0.15) is 39.0 Å². The lowest BCUT2D eigenvalue weighted by atomic mass is 9.89. The molecule has 1 fully saturated rings. The summed E-state index contributed by atoms with van der Waals surface area (Å²) in [5.41, 5.74) is 0.429. The van der Waals surface area contributed by atoms with Gasteiger partial charge in [0, 0.05) is 13.1 Å². The monoisotopic (exact) mass is 185 g/mol. The molecule has 0 aromatic heterocycles. The lowest BCUT2D eigenvalue weighted by molar-refractivity contribution is -0.136. The lowest BCUT2D eigenvalue weighted by Gasteiger charge is -2.23. The summed E-state index contributed by atoms with van der Waals surface area (Å²) in [7, 11) is 0. The van der Waals surface area contributed by atoms with Crippen molar-refractivity contribution in [2.45, 2.75) is 39.0 Å². The first-order chi connectivity index (χ1) is 6.12. The Bertz CT molecular complexity index is 174. The summed E-state index contributed by atoms with van der Waals surface area (Å²) < 4.78 is 0. The first-order valence-corrected chi connectivity index (χ1v) is 5.05. The van der Waals surface area contributed by atoms with Crippen LogP contribution in [-0.2, 0) is 4.79 Å². The highest BCUT2D eigenvalue weighted by atomic mass is 16.4. The molecule has 0 amide bonds. The van der Waals surface area contributed by atoms with Gasteiger partial charge in [0.1, 0.15) is 0 Å². The van der Waals surface area contributed by atoms with Crippen molar-refractivity contribution in [3.8, 4) is 0 Å². The first-order valence-electron chi connectivity index (χ1n) is 5.05. The van der Waals surface area contributed by atoms with Gasteiger partial charge >= 0.3 is 5.97 Å². The third-order valence-electron chi connectivity index (χ3n) is 2.88. The van der Waals surface area contributed by atoms with Crippen LogP contribution in [0.15, 0.2) is 0 Å². The Kier molecular flexibility index (Phi) is 3.72. The van der Waals surface area contributed by atoms with Crippen LogP contribution in [-0.4, -0.2) is 24.2 Å². The number of nitrogens with one attached hydrogen (secondary N) is 1. The Morgan fingerprint density at radius 3 is 2.62 bits per heavy atom. The standard InChI is InChI=1S/C10H19NO2/c1-10(5-2-3-6-10)8-11-7-4-9(12)13/h11H,2-8H2,1H3,(H,12,13). The molecular formula is C10H19NO2. The summed E-state index contributed by atoms with van der Waals surface area (Å²) >= 11 is 0. The van der Waals surface area contributed by atoms with E-state index in [9.17, 15) is 4.79 Å². The highest BCUT2D eigenvalue weighted by Crippen LogP contribution is 2.36. The number of hydrogen-bond donors (Lipinski definition) is 2. The zero-order chi connectivity index (χ0) is 9.73. The summed E-state index contributed by atoms with van der Waals surface area (Å²) in [5.74, 6) is -0.718. The summed E-state index contributed by atoms with van der Waals surface area (Å²) in [5, 5.41) is 11.6. The highest BCUT2D eigenvalue weighted by Gasteiger charge is 2.27. The van der Waals surface area contributed by atoms with E-state index in [-0.39, 0.29) is 6.42 Å². The minimum absolute atomic E-state index is 0.232. The van der Waals surface area contributed by atoms with Crippen molar-refractivity contribution >= 4 is 5.97 Å². The predicted octanol–water partition coefficient (Wildman–Crippen LogP) is 1.63. The molecule has 0 heterocycles. The summed E-state index contributed by atoms with van der Waals surface area (Å²) in [4.78, 5) is 10.2. The summed E-state index contributed by atoms with van der Waals surface area (Å²) in [6.45, 7) is 3.86. The van der Waals surface area contributed by atoms with Gasteiger partial charge in [0.25, 0.3) is 0 Å². The van der Waals surface area contributed by atoms with E-state index < -0.39 is 5.97 Å². The van der Waals surface area contributed by atoms with Gasteiger partial charge in [0.2, 0.25) is 0 Å². The molecule has 13 heavy (non-hydrogen) atoms. The first kappa shape index (κ1) is 10.5. The van der Waals surface area contributed by atoms with Gasteiger partial charge in [-0.15, -0.1) is 0 Å². The van der Waals surface area contributed by atoms with E-state index in [2.05, 4.69) is 12.2 Å².